The second-order valence-electron chi connectivity index (χ2n) is 4.54. The standard InChI is InChI=1S/C14H16ClN3O2S/c1-9(7-19)17-14(20)16-6-13-18-12(8-21-13)10-2-4-11(15)5-3-10/h2-5,8-9,19H,6-7H2,1H3,(H2,16,17,20)/t9-/m0/s1. The molecule has 1 aromatic carbocycles. The Morgan fingerprint density at radius 2 is 2.14 bits per heavy atom. The van der Waals surface area contributed by atoms with Crippen molar-refractivity contribution in [1.29, 1.82) is 0 Å². The SMILES string of the molecule is C[C@@H](CO)NC(=O)NCc1nc(-c2ccc(Cl)cc2)cs1. The molecule has 0 spiro atoms. The number of amides is 2. The quantitative estimate of drug-likeness (QED) is 0.791. The average molecular weight is 326 g/mol. The molecular formula is C14H16ClN3O2S. The van der Waals surface area contributed by atoms with E-state index >= 15 is 0 Å². The predicted molar refractivity (Wildman–Crippen MR) is 84.5 cm³/mol. The molecule has 0 unspecified atom stereocenters. The number of thiazole rings is 1. The summed E-state index contributed by atoms with van der Waals surface area (Å²) in [6.07, 6.45) is 0. The summed E-state index contributed by atoms with van der Waals surface area (Å²) < 4.78 is 0. The van der Waals surface area contributed by atoms with E-state index in [2.05, 4.69) is 15.6 Å². The molecule has 7 heteroatoms. The van der Waals surface area contributed by atoms with Crippen molar-refractivity contribution in [3.8, 4) is 11.3 Å². The average Bonchev–Trinajstić information content (AvgIpc) is 2.94. The van der Waals surface area contributed by atoms with Crippen LogP contribution >= 0.6 is 22.9 Å². The number of hydrogen-bond acceptors (Lipinski definition) is 4. The first-order chi connectivity index (χ1) is 10.1. The minimum Gasteiger partial charge on any atom is -0.394 e. The molecule has 2 aromatic rings. The Bertz CT molecular complexity index is 601. The van der Waals surface area contributed by atoms with E-state index in [-0.39, 0.29) is 18.7 Å². The third-order valence-electron chi connectivity index (χ3n) is 2.74. The van der Waals surface area contributed by atoms with Crippen LogP contribution in [0.25, 0.3) is 11.3 Å². The lowest BCUT2D eigenvalue weighted by atomic mass is 10.2. The van der Waals surface area contributed by atoms with Gasteiger partial charge in [0.2, 0.25) is 0 Å². The maximum absolute atomic E-state index is 11.5. The topological polar surface area (TPSA) is 74.2 Å². The molecule has 2 rings (SSSR count). The van der Waals surface area contributed by atoms with Gasteiger partial charge in [-0.05, 0) is 19.1 Å². The highest BCUT2D eigenvalue weighted by Crippen LogP contribution is 2.23. The normalized spacial score (nSPS) is 12.0. The molecular weight excluding hydrogens is 310 g/mol. The molecule has 1 heterocycles. The van der Waals surface area contributed by atoms with E-state index in [1.54, 1.807) is 6.92 Å². The molecule has 0 aliphatic carbocycles. The zero-order valence-electron chi connectivity index (χ0n) is 11.5. The van der Waals surface area contributed by atoms with Gasteiger partial charge in [0.25, 0.3) is 0 Å². The van der Waals surface area contributed by atoms with Crippen LogP contribution in [-0.2, 0) is 6.54 Å². The summed E-state index contributed by atoms with van der Waals surface area (Å²) in [5, 5.41) is 17.6. The van der Waals surface area contributed by atoms with Gasteiger partial charge in [-0.25, -0.2) is 9.78 Å². The Morgan fingerprint density at radius 3 is 2.81 bits per heavy atom. The van der Waals surface area contributed by atoms with Gasteiger partial charge in [0, 0.05) is 16.0 Å². The van der Waals surface area contributed by atoms with Crippen LogP contribution in [0.1, 0.15) is 11.9 Å². The second-order valence-corrected chi connectivity index (χ2v) is 5.92. The Hall–Kier alpha value is -1.63. The van der Waals surface area contributed by atoms with Gasteiger partial charge in [0.15, 0.2) is 0 Å². The minimum absolute atomic E-state index is 0.0919. The molecule has 1 atom stereocenters. The van der Waals surface area contributed by atoms with E-state index in [0.29, 0.717) is 11.6 Å². The molecule has 0 radical (unpaired) electrons. The molecule has 5 nitrogen and oxygen atoms in total. The number of carbonyl (C=O) groups excluding carboxylic acids is 1. The highest BCUT2D eigenvalue weighted by molar-refractivity contribution is 7.09. The number of nitrogens with one attached hydrogen (secondary N) is 2. The summed E-state index contributed by atoms with van der Waals surface area (Å²) >= 11 is 7.33. The summed E-state index contributed by atoms with van der Waals surface area (Å²) in [6, 6.07) is 6.86. The summed E-state index contributed by atoms with van der Waals surface area (Å²) in [6.45, 7) is 1.98. The van der Waals surface area contributed by atoms with Crippen molar-refractivity contribution in [2.24, 2.45) is 0 Å². The number of carbonyl (C=O) groups is 1. The lowest BCUT2D eigenvalue weighted by Gasteiger charge is -2.10. The Morgan fingerprint density at radius 1 is 1.43 bits per heavy atom. The van der Waals surface area contributed by atoms with Gasteiger partial charge in [0.1, 0.15) is 5.01 Å². The summed E-state index contributed by atoms with van der Waals surface area (Å²) in [7, 11) is 0. The number of aromatic nitrogens is 1. The molecule has 0 fully saturated rings. The van der Waals surface area contributed by atoms with Crippen LogP contribution in [-0.4, -0.2) is 28.8 Å². The molecule has 112 valence electrons. The number of rotatable bonds is 5. The zero-order valence-corrected chi connectivity index (χ0v) is 13.0. The summed E-state index contributed by atoms with van der Waals surface area (Å²) in [5.74, 6) is 0. The lowest BCUT2D eigenvalue weighted by Crippen LogP contribution is -2.41. The van der Waals surface area contributed by atoms with Crippen LogP contribution in [0, 0.1) is 0 Å². The number of benzene rings is 1. The van der Waals surface area contributed by atoms with Gasteiger partial charge < -0.3 is 15.7 Å². The minimum atomic E-state index is -0.320. The van der Waals surface area contributed by atoms with E-state index in [9.17, 15) is 4.79 Å². The first kappa shape index (κ1) is 15.8. The molecule has 0 aliphatic rings. The molecule has 1 aromatic heterocycles. The molecule has 0 saturated heterocycles. The Labute approximate surface area is 132 Å². The molecule has 2 amide bonds. The summed E-state index contributed by atoms with van der Waals surface area (Å²) in [4.78, 5) is 16.0. The van der Waals surface area contributed by atoms with Gasteiger partial charge in [0.05, 0.1) is 24.9 Å². The lowest BCUT2D eigenvalue weighted by molar-refractivity contribution is 0.220. The van der Waals surface area contributed by atoms with Crippen molar-refractivity contribution in [2.45, 2.75) is 19.5 Å². The van der Waals surface area contributed by atoms with Gasteiger partial charge in [-0.15, -0.1) is 11.3 Å². The van der Waals surface area contributed by atoms with E-state index in [1.165, 1.54) is 11.3 Å². The Kier molecular flexibility index (Phi) is 5.55. The Balaban J connectivity index is 1.91. The number of halogens is 1. The zero-order chi connectivity index (χ0) is 15.2. The fraction of sp³-hybridized carbons (Fsp3) is 0.286. The van der Waals surface area contributed by atoms with Crippen LogP contribution in [0.5, 0.6) is 0 Å². The molecule has 3 N–H and O–H groups in total. The van der Waals surface area contributed by atoms with Crippen LogP contribution < -0.4 is 10.6 Å². The van der Waals surface area contributed by atoms with E-state index in [4.69, 9.17) is 16.7 Å². The van der Waals surface area contributed by atoms with Crippen molar-refractivity contribution in [3.63, 3.8) is 0 Å². The monoisotopic (exact) mass is 325 g/mol. The van der Waals surface area contributed by atoms with E-state index in [1.807, 2.05) is 29.6 Å². The molecule has 0 saturated carbocycles. The van der Waals surface area contributed by atoms with Crippen LogP contribution in [0.3, 0.4) is 0 Å². The number of urea groups is 1. The first-order valence-electron chi connectivity index (χ1n) is 6.44. The third kappa shape index (κ3) is 4.70. The number of nitrogens with zero attached hydrogens (tertiary/aromatic N) is 1. The third-order valence-corrected chi connectivity index (χ3v) is 3.84. The van der Waals surface area contributed by atoms with Crippen molar-refractivity contribution >= 4 is 29.0 Å². The van der Waals surface area contributed by atoms with Gasteiger partial charge in [-0.3, -0.25) is 0 Å². The van der Waals surface area contributed by atoms with Crippen molar-refractivity contribution in [3.05, 3.63) is 39.7 Å². The van der Waals surface area contributed by atoms with Crippen LogP contribution in [0.15, 0.2) is 29.6 Å². The number of hydrogen-bond donors (Lipinski definition) is 3. The second kappa shape index (κ2) is 7.40. The largest absolute Gasteiger partial charge is 0.394 e. The fourth-order valence-electron chi connectivity index (χ4n) is 1.62. The predicted octanol–water partition coefficient (Wildman–Crippen LogP) is 2.64. The van der Waals surface area contributed by atoms with Crippen LogP contribution in [0.4, 0.5) is 4.79 Å². The van der Waals surface area contributed by atoms with Gasteiger partial charge >= 0.3 is 6.03 Å². The maximum atomic E-state index is 11.5. The summed E-state index contributed by atoms with van der Waals surface area (Å²) in [5.41, 5.74) is 1.85. The highest BCUT2D eigenvalue weighted by atomic mass is 35.5. The van der Waals surface area contributed by atoms with Crippen molar-refractivity contribution in [1.82, 2.24) is 15.6 Å². The van der Waals surface area contributed by atoms with Crippen molar-refractivity contribution in [2.75, 3.05) is 6.61 Å². The highest BCUT2D eigenvalue weighted by Gasteiger charge is 2.08. The number of aliphatic hydroxyl groups is 1. The van der Waals surface area contributed by atoms with E-state index in [0.717, 1.165) is 16.3 Å². The molecule has 0 aliphatic heterocycles. The van der Waals surface area contributed by atoms with Crippen LogP contribution in [0.2, 0.25) is 5.02 Å². The molecule has 0 bridgehead atoms. The van der Waals surface area contributed by atoms with Gasteiger partial charge in [-0.1, -0.05) is 23.7 Å². The maximum Gasteiger partial charge on any atom is 0.315 e. The van der Waals surface area contributed by atoms with Gasteiger partial charge in [-0.2, -0.15) is 0 Å². The molecule has 21 heavy (non-hydrogen) atoms. The first-order valence-corrected chi connectivity index (χ1v) is 7.70. The smallest absolute Gasteiger partial charge is 0.315 e. The fourth-order valence-corrected chi connectivity index (χ4v) is 2.49. The van der Waals surface area contributed by atoms with E-state index < -0.39 is 0 Å². The number of aliphatic hydroxyl groups excluding tert-OH is 1. The van der Waals surface area contributed by atoms with Crippen molar-refractivity contribution < 1.29 is 9.90 Å².